The van der Waals surface area contributed by atoms with Gasteiger partial charge in [-0.2, -0.15) is 0 Å². The van der Waals surface area contributed by atoms with E-state index in [-0.39, 0.29) is 15.9 Å². The van der Waals surface area contributed by atoms with Gasteiger partial charge in [-0.05, 0) is 64.4 Å². The smallest absolute Gasteiger partial charge is 0.115 e. The molecule has 2 nitrogen and oxygen atoms in total. The second-order valence-corrected chi connectivity index (χ2v) is 15.5. The molecule has 1 aliphatic rings. The maximum absolute atomic E-state index is 4.97. The van der Waals surface area contributed by atoms with Crippen molar-refractivity contribution in [2.45, 2.75) is 70.8 Å². The highest BCUT2D eigenvalue weighted by Crippen LogP contribution is 2.47. The summed E-state index contributed by atoms with van der Waals surface area (Å²) in [7, 11) is 7.13. The van der Waals surface area contributed by atoms with Crippen LogP contribution in [0.15, 0.2) is 72.9 Å². The molecule has 0 aliphatic heterocycles. The fourth-order valence-corrected chi connectivity index (χ4v) is 7.15. The van der Waals surface area contributed by atoms with Crippen LogP contribution >= 0.6 is 0 Å². The minimum absolute atomic E-state index is 0.0392. The van der Waals surface area contributed by atoms with Crippen LogP contribution in [0.1, 0.15) is 71.4 Å². The topological polar surface area (TPSA) is 17.3 Å². The first-order valence-corrected chi connectivity index (χ1v) is 15.5. The van der Waals surface area contributed by atoms with Gasteiger partial charge >= 0.3 is 0 Å². The molecule has 204 valence electrons. The third-order valence-electron chi connectivity index (χ3n) is 11.4. The molecule has 6 aromatic rings. The zero-order valence-electron chi connectivity index (χ0n) is 26.2. The van der Waals surface area contributed by atoms with Crippen molar-refractivity contribution in [3.63, 3.8) is 0 Å². The van der Waals surface area contributed by atoms with Gasteiger partial charge in [-0.1, -0.05) is 95.1 Å². The largest absolute Gasteiger partial charge is 0.308 e. The molecule has 0 radical (unpaired) electrons. The van der Waals surface area contributed by atoms with Gasteiger partial charge in [0, 0.05) is 33.3 Å². The standard InChI is InChI=1S/C36H41B3N2/c1-33(2,3)36(38,39)24-10-13-29(40-21-24)22-9-12-25-26-7-6-8-27-28-20-23(35(37)17-15-34(4,5)16-18-35)11-14-30(28)41(32(26)27)31(25)19-22/h6-14,19-21H,15-18,37-39H2,1-5H3. The summed E-state index contributed by atoms with van der Waals surface area (Å²) in [5.74, 6) is 0. The number of hydrogen-bond acceptors (Lipinski definition) is 1. The molecule has 7 rings (SSSR count). The van der Waals surface area contributed by atoms with Crippen molar-refractivity contribution in [3.05, 3.63) is 84.1 Å². The molecule has 3 aromatic carbocycles. The number of nitrogens with zero attached hydrogens (tertiary/aromatic N) is 2. The molecular formula is C36H41B3N2. The lowest BCUT2D eigenvalue weighted by Gasteiger charge is -2.42. The Balaban J connectivity index is 1.36. The summed E-state index contributed by atoms with van der Waals surface area (Å²) in [5.41, 5.74) is 9.52. The van der Waals surface area contributed by atoms with E-state index in [9.17, 15) is 0 Å². The lowest BCUT2D eigenvalue weighted by atomic mass is 9.41. The summed E-state index contributed by atoms with van der Waals surface area (Å²) in [4.78, 5) is 4.97. The summed E-state index contributed by atoms with van der Waals surface area (Å²) >= 11 is 0. The third-order valence-corrected chi connectivity index (χ3v) is 11.4. The van der Waals surface area contributed by atoms with Gasteiger partial charge in [0.1, 0.15) is 23.5 Å². The highest BCUT2D eigenvalue weighted by Gasteiger charge is 2.36. The molecule has 0 saturated heterocycles. The van der Waals surface area contributed by atoms with Gasteiger partial charge < -0.3 is 4.40 Å². The van der Waals surface area contributed by atoms with Crippen molar-refractivity contribution >= 4 is 61.6 Å². The van der Waals surface area contributed by atoms with Crippen LogP contribution in [0.4, 0.5) is 0 Å². The Morgan fingerprint density at radius 3 is 2.12 bits per heavy atom. The Morgan fingerprint density at radius 2 is 1.46 bits per heavy atom. The van der Waals surface area contributed by atoms with Crippen LogP contribution in [0.5, 0.6) is 0 Å². The molecule has 3 aromatic heterocycles. The van der Waals surface area contributed by atoms with Crippen LogP contribution in [-0.2, 0) is 10.5 Å². The molecule has 0 spiro atoms. The van der Waals surface area contributed by atoms with Gasteiger partial charge in [0.25, 0.3) is 0 Å². The van der Waals surface area contributed by atoms with Gasteiger partial charge in [-0.15, -0.1) is 0 Å². The quantitative estimate of drug-likeness (QED) is 0.229. The number of aromatic nitrogens is 2. The fraction of sp³-hybridized carbons (Fsp3) is 0.361. The summed E-state index contributed by atoms with van der Waals surface area (Å²) in [6.45, 7) is 11.8. The molecular weight excluding hydrogens is 493 g/mol. The van der Waals surface area contributed by atoms with Crippen molar-refractivity contribution < 1.29 is 0 Å². The first kappa shape index (κ1) is 26.7. The second-order valence-electron chi connectivity index (χ2n) is 15.5. The summed E-state index contributed by atoms with van der Waals surface area (Å²) in [6, 6.07) is 25.5. The van der Waals surface area contributed by atoms with E-state index in [0.29, 0.717) is 5.41 Å². The monoisotopic (exact) mass is 534 g/mol. The van der Waals surface area contributed by atoms with Gasteiger partial charge in [0.15, 0.2) is 0 Å². The van der Waals surface area contributed by atoms with Crippen LogP contribution in [0.25, 0.3) is 49.4 Å². The highest BCUT2D eigenvalue weighted by atomic mass is 14.9. The zero-order valence-corrected chi connectivity index (χ0v) is 26.2. The molecule has 0 amide bonds. The van der Waals surface area contributed by atoms with E-state index in [2.05, 4.69) is 135 Å². The van der Waals surface area contributed by atoms with Crippen molar-refractivity contribution in [2.75, 3.05) is 0 Å². The highest BCUT2D eigenvalue weighted by molar-refractivity contribution is 6.40. The Labute approximate surface area is 247 Å². The predicted molar refractivity (Wildman–Crippen MR) is 185 cm³/mol. The number of pyridine rings is 1. The number of para-hydroxylation sites is 1. The minimum atomic E-state index is 0.0392. The summed E-state index contributed by atoms with van der Waals surface area (Å²) < 4.78 is 2.51. The molecule has 0 atom stereocenters. The number of rotatable bonds is 3. The van der Waals surface area contributed by atoms with Crippen LogP contribution in [-0.4, -0.2) is 32.9 Å². The Morgan fingerprint density at radius 1 is 0.756 bits per heavy atom. The maximum Gasteiger partial charge on any atom is 0.115 e. The van der Waals surface area contributed by atoms with Crippen molar-refractivity contribution in [1.82, 2.24) is 9.38 Å². The zero-order chi connectivity index (χ0) is 28.9. The lowest BCUT2D eigenvalue weighted by molar-refractivity contribution is 0.206. The Kier molecular flexibility index (Phi) is 5.64. The van der Waals surface area contributed by atoms with Gasteiger partial charge in [0.2, 0.25) is 0 Å². The molecule has 1 fully saturated rings. The predicted octanol–water partition coefficient (Wildman–Crippen LogP) is 6.79. The number of benzene rings is 3. The molecule has 0 N–H and O–H groups in total. The van der Waals surface area contributed by atoms with E-state index in [0.717, 1.165) is 5.69 Å². The van der Waals surface area contributed by atoms with E-state index >= 15 is 0 Å². The Hall–Kier alpha value is -3.20. The van der Waals surface area contributed by atoms with E-state index in [1.54, 1.807) is 0 Å². The van der Waals surface area contributed by atoms with Crippen LogP contribution in [0, 0.1) is 10.8 Å². The number of fused-ring (bicyclic) bond motifs is 6. The summed E-state index contributed by atoms with van der Waals surface area (Å²) in [6.07, 6.45) is 7.21. The molecule has 5 heteroatoms. The van der Waals surface area contributed by atoms with Crippen LogP contribution in [0.3, 0.4) is 0 Å². The first-order valence-electron chi connectivity index (χ1n) is 15.5. The first-order chi connectivity index (χ1) is 19.3. The SMILES string of the molecule is BC1(c2ccc3c(c2)c2cccc4c5ccc(-c6ccc(C(B)(B)C(C)(C)C)cn6)cc5n3c24)CCC(C)(C)CC1. The minimum Gasteiger partial charge on any atom is -0.308 e. The van der Waals surface area contributed by atoms with Crippen LogP contribution < -0.4 is 0 Å². The van der Waals surface area contributed by atoms with E-state index in [1.165, 1.54) is 80.5 Å². The normalized spacial score (nSPS) is 17.7. The maximum atomic E-state index is 4.97. The molecule has 0 bridgehead atoms. The average Bonchev–Trinajstić information content (AvgIpc) is 3.45. The van der Waals surface area contributed by atoms with Gasteiger partial charge in [-0.3, -0.25) is 4.98 Å². The van der Waals surface area contributed by atoms with Gasteiger partial charge in [0.05, 0.1) is 22.2 Å². The molecule has 3 heterocycles. The van der Waals surface area contributed by atoms with E-state index in [4.69, 9.17) is 4.98 Å². The van der Waals surface area contributed by atoms with Gasteiger partial charge in [-0.25, -0.2) is 0 Å². The van der Waals surface area contributed by atoms with E-state index in [1.807, 2.05) is 0 Å². The second kappa shape index (κ2) is 8.66. The molecule has 41 heavy (non-hydrogen) atoms. The average molecular weight is 534 g/mol. The molecule has 1 aliphatic carbocycles. The van der Waals surface area contributed by atoms with Crippen LogP contribution in [0.2, 0.25) is 0 Å². The molecule has 0 unspecified atom stereocenters. The summed E-state index contributed by atoms with van der Waals surface area (Å²) in [5, 5.41) is 5.69. The molecule has 1 saturated carbocycles. The lowest BCUT2D eigenvalue weighted by Crippen LogP contribution is -2.41. The van der Waals surface area contributed by atoms with Crippen molar-refractivity contribution in [1.29, 1.82) is 0 Å². The van der Waals surface area contributed by atoms with E-state index < -0.39 is 0 Å². The Bertz CT molecular complexity index is 1930. The third kappa shape index (κ3) is 3.98. The number of hydrogen-bond donors (Lipinski definition) is 0. The van der Waals surface area contributed by atoms with Crippen molar-refractivity contribution in [3.8, 4) is 11.3 Å². The fourth-order valence-electron chi connectivity index (χ4n) is 7.15. The van der Waals surface area contributed by atoms with Crippen molar-refractivity contribution in [2.24, 2.45) is 10.8 Å².